The van der Waals surface area contributed by atoms with E-state index >= 15 is 0 Å². The van der Waals surface area contributed by atoms with E-state index in [9.17, 15) is 4.79 Å². The SMILES string of the molecule is COc1cc(OC)c(C=NNC(=O)c2cc(C3CC3)nc3ccccc23)c(OC)c1. The minimum atomic E-state index is -0.293. The zero-order valence-electron chi connectivity index (χ0n) is 17.1. The second-order valence-corrected chi connectivity index (χ2v) is 7.03. The van der Waals surface area contributed by atoms with Gasteiger partial charge in [-0.15, -0.1) is 0 Å². The molecule has 0 atom stereocenters. The molecule has 1 aliphatic carbocycles. The van der Waals surface area contributed by atoms with Gasteiger partial charge in [0.2, 0.25) is 0 Å². The average Bonchev–Trinajstić information content (AvgIpc) is 3.63. The highest BCUT2D eigenvalue weighted by molar-refractivity contribution is 6.06. The molecule has 30 heavy (non-hydrogen) atoms. The van der Waals surface area contributed by atoms with Crippen LogP contribution >= 0.6 is 0 Å². The van der Waals surface area contributed by atoms with Gasteiger partial charge in [-0.2, -0.15) is 5.10 Å². The standard InChI is InChI=1S/C23H23N3O4/c1-28-15-10-21(29-2)18(22(11-15)30-3)13-24-26-23(27)17-12-20(14-8-9-14)25-19-7-5-4-6-16(17)19/h4-7,10-14H,8-9H2,1-3H3,(H,26,27). The molecule has 0 unspecified atom stereocenters. The molecule has 0 spiro atoms. The van der Waals surface area contributed by atoms with Gasteiger partial charge in [0.25, 0.3) is 5.91 Å². The first-order valence-corrected chi connectivity index (χ1v) is 9.67. The molecule has 1 saturated carbocycles. The van der Waals surface area contributed by atoms with Crippen molar-refractivity contribution in [2.75, 3.05) is 21.3 Å². The van der Waals surface area contributed by atoms with Crippen molar-refractivity contribution in [2.45, 2.75) is 18.8 Å². The Morgan fingerprint density at radius 3 is 2.40 bits per heavy atom. The molecule has 0 aliphatic heterocycles. The molecule has 3 aromatic rings. The summed E-state index contributed by atoms with van der Waals surface area (Å²) in [6.07, 6.45) is 3.73. The lowest BCUT2D eigenvalue weighted by Crippen LogP contribution is -2.18. The molecule has 7 nitrogen and oxygen atoms in total. The minimum Gasteiger partial charge on any atom is -0.496 e. The summed E-state index contributed by atoms with van der Waals surface area (Å²) in [6, 6.07) is 13.0. The molecule has 0 bridgehead atoms. The van der Waals surface area contributed by atoms with E-state index in [2.05, 4.69) is 10.5 Å². The Bertz CT molecular complexity index is 1100. The Hall–Kier alpha value is -3.61. The van der Waals surface area contributed by atoms with Crippen LogP contribution in [-0.4, -0.2) is 38.4 Å². The molecule has 1 amide bonds. The van der Waals surface area contributed by atoms with Gasteiger partial charge < -0.3 is 14.2 Å². The maximum absolute atomic E-state index is 12.9. The van der Waals surface area contributed by atoms with Crippen LogP contribution in [-0.2, 0) is 0 Å². The van der Waals surface area contributed by atoms with Crippen molar-refractivity contribution in [3.05, 3.63) is 59.3 Å². The smallest absolute Gasteiger partial charge is 0.272 e. The van der Waals surface area contributed by atoms with E-state index in [-0.39, 0.29) is 5.91 Å². The molecule has 1 heterocycles. The summed E-state index contributed by atoms with van der Waals surface area (Å²) in [6.45, 7) is 0. The summed E-state index contributed by atoms with van der Waals surface area (Å²) in [5.74, 6) is 1.79. The molecule has 0 radical (unpaired) electrons. The van der Waals surface area contributed by atoms with E-state index in [1.807, 2.05) is 30.3 Å². The number of hydrazone groups is 1. The van der Waals surface area contributed by atoms with Crippen molar-refractivity contribution in [1.82, 2.24) is 10.4 Å². The van der Waals surface area contributed by atoms with Gasteiger partial charge in [-0.1, -0.05) is 18.2 Å². The van der Waals surface area contributed by atoms with Crippen LogP contribution in [0.3, 0.4) is 0 Å². The van der Waals surface area contributed by atoms with Crippen LogP contribution in [0.15, 0.2) is 47.6 Å². The topological polar surface area (TPSA) is 82.0 Å². The van der Waals surface area contributed by atoms with Crippen molar-refractivity contribution in [2.24, 2.45) is 5.10 Å². The average molecular weight is 405 g/mol. The van der Waals surface area contributed by atoms with E-state index in [1.165, 1.54) is 6.21 Å². The van der Waals surface area contributed by atoms with Crippen LogP contribution in [0.4, 0.5) is 0 Å². The maximum atomic E-state index is 12.9. The quantitative estimate of drug-likeness (QED) is 0.476. The number of benzene rings is 2. The van der Waals surface area contributed by atoms with E-state index < -0.39 is 0 Å². The minimum absolute atomic E-state index is 0.293. The van der Waals surface area contributed by atoms with Crippen molar-refractivity contribution in [3.63, 3.8) is 0 Å². The van der Waals surface area contributed by atoms with Gasteiger partial charge in [0.15, 0.2) is 0 Å². The Kier molecular flexibility index (Phi) is 5.52. The Labute approximate surface area is 174 Å². The third-order valence-electron chi connectivity index (χ3n) is 5.09. The highest BCUT2D eigenvalue weighted by Crippen LogP contribution is 2.40. The number of para-hydroxylation sites is 1. The molecule has 1 aromatic heterocycles. The van der Waals surface area contributed by atoms with Crippen LogP contribution in [0.25, 0.3) is 10.9 Å². The predicted molar refractivity (Wildman–Crippen MR) is 115 cm³/mol. The number of carbonyl (C=O) groups excluding carboxylic acids is 1. The molecule has 1 N–H and O–H groups in total. The third-order valence-corrected chi connectivity index (χ3v) is 5.09. The predicted octanol–water partition coefficient (Wildman–Crippen LogP) is 3.90. The summed E-state index contributed by atoms with van der Waals surface area (Å²) in [5, 5.41) is 4.94. The number of methoxy groups -OCH3 is 3. The second-order valence-electron chi connectivity index (χ2n) is 7.03. The highest BCUT2D eigenvalue weighted by atomic mass is 16.5. The van der Waals surface area contributed by atoms with Crippen molar-refractivity contribution in [1.29, 1.82) is 0 Å². The zero-order chi connectivity index (χ0) is 21.1. The lowest BCUT2D eigenvalue weighted by molar-refractivity contribution is 0.0956. The second kappa shape index (κ2) is 8.41. The Balaban J connectivity index is 1.62. The van der Waals surface area contributed by atoms with Gasteiger partial charge in [0, 0.05) is 29.1 Å². The Morgan fingerprint density at radius 2 is 1.77 bits per heavy atom. The van der Waals surface area contributed by atoms with Gasteiger partial charge in [0.05, 0.1) is 44.2 Å². The molecule has 2 aromatic carbocycles. The number of nitrogens with zero attached hydrogens (tertiary/aromatic N) is 2. The van der Waals surface area contributed by atoms with Crippen LogP contribution in [0.2, 0.25) is 0 Å². The lowest BCUT2D eigenvalue weighted by Gasteiger charge is -2.12. The van der Waals surface area contributed by atoms with Crippen molar-refractivity contribution >= 4 is 23.0 Å². The number of nitrogens with one attached hydrogen (secondary N) is 1. The number of fused-ring (bicyclic) bond motifs is 1. The highest BCUT2D eigenvalue weighted by Gasteiger charge is 2.26. The summed E-state index contributed by atoms with van der Waals surface area (Å²) < 4.78 is 16.1. The first-order chi connectivity index (χ1) is 14.6. The normalized spacial score (nSPS) is 13.4. The first-order valence-electron chi connectivity index (χ1n) is 9.67. The van der Waals surface area contributed by atoms with E-state index in [4.69, 9.17) is 19.2 Å². The van der Waals surface area contributed by atoms with Crippen LogP contribution in [0, 0.1) is 0 Å². The monoisotopic (exact) mass is 405 g/mol. The Morgan fingerprint density at radius 1 is 1.07 bits per heavy atom. The van der Waals surface area contributed by atoms with Gasteiger partial charge in [-0.25, -0.2) is 5.43 Å². The molecule has 0 saturated heterocycles. The summed E-state index contributed by atoms with van der Waals surface area (Å²) in [7, 11) is 4.66. The third kappa shape index (κ3) is 3.91. The van der Waals surface area contributed by atoms with Gasteiger partial charge in [0.1, 0.15) is 17.2 Å². The summed E-state index contributed by atoms with van der Waals surface area (Å²) in [4.78, 5) is 17.6. The number of carbonyl (C=O) groups is 1. The summed E-state index contributed by atoms with van der Waals surface area (Å²) in [5.41, 5.74) is 5.55. The number of pyridine rings is 1. The first kappa shape index (κ1) is 19.7. The van der Waals surface area contributed by atoms with Crippen LogP contribution < -0.4 is 19.6 Å². The van der Waals surface area contributed by atoms with Crippen molar-refractivity contribution < 1.29 is 19.0 Å². The molecular weight excluding hydrogens is 382 g/mol. The number of amides is 1. The fourth-order valence-corrected chi connectivity index (χ4v) is 3.35. The largest absolute Gasteiger partial charge is 0.496 e. The van der Waals surface area contributed by atoms with E-state index in [1.54, 1.807) is 33.5 Å². The maximum Gasteiger partial charge on any atom is 0.272 e. The zero-order valence-corrected chi connectivity index (χ0v) is 17.1. The molecule has 1 fully saturated rings. The molecule has 1 aliphatic rings. The molecule has 4 rings (SSSR count). The van der Waals surface area contributed by atoms with Crippen LogP contribution in [0.1, 0.15) is 40.4 Å². The number of ether oxygens (including phenoxy) is 3. The fourth-order valence-electron chi connectivity index (χ4n) is 3.35. The van der Waals surface area contributed by atoms with Gasteiger partial charge >= 0.3 is 0 Å². The van der Waals surface area contributed by atoms with Gasteiger partial charge in [-0.3, -0.25) is 9.78 Å². The molecule has 154 valence electrons. The number of aromatic nitrogens is 1. The number of hydrogen-bond donors (Lipinski definition) is 1. The van der Waals surface area contributed by atoms with E-state index in [0.717, 1.165) is 29.4 Å². The number of rotatable bonds is 7. The van der Waals surface area contributed by atoms with Crippen molar-refractivity contribution in [3.8, 4) is 17.2 Å². The molecule has 7 heteroatoms. The van der Waals surface area contributed by atoms with Crippen LogP contribution in [0.5, 0.6) is 17.2 Å². The number of hydrogen-bond acceptors (Lipinski definition) is 6. The lowest BCUT2D eigenvalue weighted by atomic mass is 10.1. The van der Waals surface area contributed by atoms with E-state index in [0.29, 0.717) is 34.3 Å². The summed E-state index contributed by atoms with van der Waals surface area (Å²) >= 11 is 0. The fraction of sp³-hybridized carbons (Fsp3) is 0.261. The molecular formula is C23H23N3O4. The van der Waals surface area contributed by atoms with Gasteiger partial charge in [-0.05, 0) is 25.0 Å².